The molecule has 1 N–H and O–H groups in total. The monoisotopic (exact) mass is 531 g/mol. The van der Waals surface area contributed by atoms with Crippen LogP contribution in [0.5, 0.6) is 0 Å². The first-order chi connectivity index (χ1) is 15.6. The van der Waals surface area contributed by atoms with E-state index in [1.165, 1.54) is 6.92 Å². The summed E-state index contributed by atoms with van der Waals surface area (Å²) in [5.74, 6) is -4.33. The van der Waals surface area contributed by atoms with Crippen LogP contribution in [0.3, 0.4) is 0 Å². The van der Waals surface area contributed by atoms with Crippen LogP contribution in [-0.4, -0.2) is 69.2 Å². The smallest absolute Gasteiger partial charge is 0.338 e. The molecule has 0 aliphatic carbocycles. The zero-order valence-corrected chi connectivity index (χ0v) is 22.4. The summed E-state index contributed by atoms with van der Waals surface area (Å²) in [6.45, 7) is 12.0. The number of amides is 1. The number of ether oxygens (including phenoxy) is 2. The fourth-order valence-corrected chi connectivity index (χ4v) is 6.56. The van der Waals surface area contributed by atoms with Crippen molar-refractivity contribution in [1.82, 2.24) is 4.90 Å². The van der Waals surface area contributed by atoms with E-state index in [0.29, 0.717) is 4.90 Å². The highest BCUT2D eigenvalue weighted by molar-refractivity contribution is 7.97. The second-order valence-electron chi connectivity index (χ2n) is 10.4. The van der Waals surface area contributed by atoms with Crippen LogP contribution in [0.15, 0.2) is 34.8 Å². The molecule has 0 spiro atoms. The molecule has 1 amide bonds. The highest BCUT2D eigenvalue weighted by Gasteiger charge is 2.75. The third-order valence-electron chi connectivity index (χ3n) is 5.45. The Morgan fingerprint density at radius 3 is 1.91 bits per heavy atom. The number of halogens is 1. The van der Waals surface area contributed by atoms with Gasteiger partial charge in [0.25, 0.3) is 0 Å². The van der Waals surface area contributed by atoms with Crippen LogP contribution in [-0.2, 0) is 38.5 Å². The van der Waals surface area contributed by atoms with Crippen molar-refractivity contribution < 1.29 is 42.2 Å². The summed E-state index contributed by atoms with van der Waals surface area (Å²) in [6.07, 6.45) is 3.50. The molecule has 0 aromatic carbocycles. The molecule has 0 radical (unpaired) electrons. The molecule has 0 bridgehead atoms. The second kappa shape index (κ2) is 8.77. The van der Waals surface area contributed by atoms with E-state index < -0.39 is 65.5 Å². The van der Waals surface area contributed by atoms with E-state index in [1.807, 2.05) is 0 Å². The van der Waals surface area contributed by atoms with Crippen molar-refractivity contribution >= 4 is 45.3 Å². The van der Waals surface area contributed by atoms with Crippen molar-refractivity contribution in [2.45, 2.75) is 82.4 Å². The molecule has 2 aliphatic heterocycles. The zero-order chi connectivity index (χ0) is 27.4. The number of fused-ring (bicyclic) bond motifs is 1. The van der Waals surface area contributed by atoms with Gasteiger partial charge in [0.15, 0.2) is 15.8 Å². The average molecular weight is 532 g/mol. The lowest BCUT2D eigenvalue weighted by Gasteiger charge is -2.61. The lowest BCUT2D eigenvalue weighted by atomic mass is 9.81. The first-order valence-electron chi connectivity index (χ1n) is 10.6. The number of allylic oxidation sites excluding steroid dienone is 1. The Kier molecular flexibility index (Phi) is 7.16. The Balaban J connectivity index is 2.79. The summed E-state index contributed by atoms with van der Waals surface area (Å²) in [6, 6.07) is 0. The van der Waals surface area contributed by atoms with Gasteiger partial charge in [-0.25, -0.2) is 22.8 Å². The standard InChI is InChI=1S/C23H30ClNO9S/c1-13-14(9-10-15(26)33-20(2,3)4)35(31,32)22(8)17(24)18(28)25(22)23(13,19(29)30)12-11-16(27)34-21(5,6)7/h9-12,17H,1-8H3,(H,29,30)/t17-,22+,23?/m0/s1. The van der Waals surface area contributed by atoms with Crippen LogP contribution in [0.4, 0.5) is 0 Å². The van der Waals surface area contributed by atoms with Gasteiger partial charge >= 0.3 is 17.9 Å². The molecular weight excluding hydrogens is 502 g/mol. The van der Waals surface area contributed by atoms with Crippen molar-refractivity contribution in [3.63, 3.8) is 0 Å². The number of carboxylic acids is 1. The predicted molar refractivity (Wildman–Crippen MR) is 127 cm³/mol. The van der Waals surface area contributed by atoms with Crippen LogP contribution in [0.2, 0.25) is 0 Å². The molecule has 194 valence electrons. The fourth-order valence-electron chi connectivity index (χ4n) is 3.91. The summed E-state index contributed by atoms with van der Waals surface area (Å²) in [5, 5.41) is 8.68. The third-order valence-corrected chi connectivity index (χ3v) is 8.72. The number of carbonyl (C=O) groups excluding carboxylic acids is 3. The molecule has 0 aromatic rings. The summed E-state index contributed by atoms with van der Waals surface area (Å²) in [5.41, 5.74) is -4.46. The predicted octanol–water partition coefficient (Wildman–Crippen LogP) is 2.47. The molecule has 12 heteroatoms. The molecule has 0 saturated carbocycles. The average Bonchev–Trinajstić information content (AvgIpc) is 2.66. The molecule has 3 atom stereocenters. The number of nitrogens with zero attached hydrogens (tertiary/aromatic N) is 1. The molecular formula is C23H30ClNO9S. The highest BCUT2D eigenvalue weighted by Crippen LogP contribution is 2.55. The number of alkyl halides is 1. The van der Waals surface area contributed by atoms with E-state index in [9.17, 15) is 32.7 Å². The molecule has 2 rings (SSSR count). The van der Waals surface area contributed by atoms with E-state index in [2.05, 4.69) is 0 Å². The van der Waals surface area contributed by atoms with Crippen LogP contribution in [0.25, 0.3) is 0 Å². The SMILES string of the molecule is CC1=C(C=CC(=O)OC(C)(C)C)S(=O)(=O)[C@]2(C)[C@@H](Cl)C(=O)N2C1(C=CC(=O)OC(C)(C)C)C(=O)O. The van der Waals surface area contributed by atoms with Gasteiger partial charge in [-0.1, -0.05) is 0 Å². The molecule has 0 aromatic heterocycles. The van der Waals surface area contributed by atoms with Crippen molar-refractivity contribution in [2.24, 2.45) is 0 Å². The number of rotatable bonds is 5. The van der Waals surface area contributed by atoms with Gasteiger partial charge in [-0.15, -0.1) is 11.6 Å². The molecule has 35 heavy (non-hydrogen) atoms. The number of sulfone groups is 1. The van der Waals surface area contributed by atoms with Crippen LogP contribution in [0, 0.1) is 0 Å². The van der Waals surface area contributed by atoms with Crippen molar-refractivity contribution in [3.05, 3.63) is 34.8 Å². The maximum atomic E-state index is 13.5. The van der Waals surface area contributed by atoms with Crippen LogP contribution >= 0.6 is 11.6 Å². The zero-order valence-electron chi connectivity index (χ0n) is 20.8. The number of esters is 2. The summed E-state index contributed by atoms with van der Waals surface area (Å²) >= 11 is 6.13. The molecule has 10 nitrogen and oxygen atoms in total. The first-order valence-corrected chi connectivity index (χ1v) is 12.6. The van der Waals surface area contributed by atoms with Gasteiger partial charge < -0.3 is 14.6 Å². The normalized spacial score (nSPS) is 28.7. The quantitative estimate of drug-likeness (QED) is 0.245. The Morgan fingerprint density at radius 2 is 1.49 bits per heavy atom. The Bertz CT molecular complexity index is 1170. The summed E-state index contributed by atoms with van der Waals surface area (Å²) < 4.78 is 37.4. The molecule has 2 heterocycles. The molecule has 1 fully saturated rings. The minimum Gasteiger partial charge on any atom is -0.479 e. The van der Waals surface area contributed by atoms with Crippen molar-refractivity contribution in [2.75, 3.05) is 0 Å². The summed E-state index contributed by atoms with van der Waals surface area (Å²) in [4.78, 5) is 47.9. The lowest BCUT2D eigenvalue weighted by Crippen LogP contribution is -2.83. The van der Waals surface area contributed by atoms with E-state index in [4.69, 9.17) is 21.1 Å². The van der Waals surface area contributed by atoms with Crippen LogP contribution < -0.4 is 0 Å². The third kappa shape index (κ3) is 4.75. The highest BCUT2D eigenvalue weighted by atomic mass is 35.5. The van der Waals surface area contributed by atoms with E-state index in [1.54, 1.807) is 41.5 Å². The lowest BCUT2D eigenvalue weighted by molar-refractivity contribution is -0.167. The number of carboxylic acid groups (broad SMARTS) is 1. The maximum Gasteiger partial charge on any atom is 0.338 e. The number of hydrogen-bond acceptors (Lipinski definition) is 8. The Morgan fingerprint density at radius 1 is 1.03 bits per heavy atom. The Hall–Kier alpha value is -2.66. The number of hydrogen-bond donors (Lipinski definition) is 1. The van der Waals surface area contributed by atoms with Gasteiger partial charge in [-0.2, -0.15) is 0 Å². The van der Waals surface area contributed by atoms with E-state index in [0.717, 1.165) is 31.2 Å². The minimum absolute atomic E-state index is 0.320. The van der Waals surface area contributed by atoms with E-state index >= 15 is 0 Å². The number of β-lactam (4-membered cyclic amide) rings is 1. The van der Waals surface area contributed by atoms with Crippen molar-refractivity contribution in [3.8, 4) is 0 Å². The minimum atomic E-state index is -4.46. The largest absolute Gasteiger partial charge is 0.479 e. The summed E-state index contributed by atoms with van der Waals surface area (Å²) in [7, 11) is -4.46. The van der Waals surface area contributed by atoms with Crippen LogP contribution in [0.1, 0.15) is 55.4 Å². The topological polar surface area (TPSA) is 144 Å². The van der Waals surface area contributed by atoms with Gasteiger partial charge in [-0.3, -0.25) is 9.69 Å². The number of carbonyl (C=O) groups is 4. The second-order valence-corrected chi connectivity index (χ2v) is 13.1. The maximum absolute atomic E-state index is 13.5. The Labute approximate surface area is 209 Å². The van der Waals surface area contributed by atoms with Gasteiger partial charge in [0.1, 0.15) is 11.2 Å². The first kappa shape index (κ1) is 28.6. The molecule has 2 aliphatic rings. The van der Waals surface area contributed by atoms with E-state index in [-0.39, 0.29) is 5.57 Å². The fraction of sp³-hybridized carbons (Fsp3) is 0.565. The molecule has 1 unspecified atom stereocenters. The van der Waals surface area contributed by atoms with Crippen molar-refractivity contribution in [1.29, 1.82) is 0 Å². The molecule has 1 saturated heterocycles. The van der Waals surface area contributed by atoms with Gasteiger partial charge in [0.2, 0.25) is 15.7 Å². The van der Waals surface area contributed by atoms with Gasteiger partial charge in [-0.05, 0) is 73.1 Å². The van der Waals surface area contributed by atoms with Gasteiger partial charge in [0, 0.05) is 12.2 Å². The number of aliphatic carboxylic acids is 1. The van der Waals surface area contributed by atoms with Gasteiger partial charge in [0.05, 0.1) is 4.91 Å².